The van der Waals surface area contributed by atoms with Crippen LogP contribution in [0.1, 0.15) is 162 Å². The summed E-state index contributed by atoms with van der Waals surface area (Å²) in [6.45, 7) is 35.1. The molecule has 0 saturated carbocycles. The Morgan fingerprint density at radius 3 is 1.37 bits per heavy atom. The minimum Gasteiger partial charge on any atom is -0.505 e. The highest BCUT2D eigenvalue weighted by Crippen LogP contribution is 2.54. The van der Waals surface area contributed by atoms with E-state index in [2.05, 4.69) is 111 Å². The fourth-order valence-electron chi connectivity index (χ4n) is 8.10. The maximum absolute atomic E-state index is 14.8. The standard InChI is InChI=1S/C42H81O9P/c1-28(21-39(5,6)7)17-19-32(30(3)23-41(11,12)13)26-48-52(47,51-37-35(45)36(34(44)25-43)50-38(37)46)49-27-33(31(4)24-42(14,15)16)20-18-29(2)22-40(8,9)10/h28-34,36,43-45H,17-27H2,1-16H3/t28?,29?,30?,31?,32?,33?,34?,36-,52?/m1/s1. The minimum atomic E-state index is -4.52. The number of cyclic esters (lactones) is 1. The third-order valence-electron chi connectivity index (χ3n) is 10.0. The SMILES string of the molecule is CC(CCC(COP(=O)(OCC(CCC(C)CC(C)(C)C)C(C)CC(C)(C)C)OC1=C(O)[C@@H](C(O)CO)OC1=O)C(C)CC(C)(C)C)CC(C)(C)C. The van der Waals surface area contributed by atoms with Gasteiger partial charge in [-0.05, 0) is 95.7 Å². The maximum Gasteiger partial charge on any atom is 0.530 e. The van der Waals surface area contributed by atoms with Crippen molar-refractivity contribution in [3.05, 3.63) is 11.5 Å². The molecule has 0 saturated heterocycles. The van der Waals surface area contributed by atoms with E-state index < -0.39 is 44.1 Å². The highest BCUT2D eigenvalue weighted by molar-refractivity contribution is 7.48. The van der Waals surface area contributed by atoms with E-state index in [1.165, 1.54) is 0 Å². The molecule has 10 heteroatoms. The highest BCUT2D eigenvalue weighted by atomic mass is 31.2. The van der Waals surface area contributed by atoms with Gasteiger partial charge in [0.2, 0.25) is 0 Å². The average Bonchev–Trinajstić information content (AvgIpc) is 3.21. The first kappa shape index (κ1) is 48.9. The van der Waals surface area contributed by atoms with Gasteiger partial charge in [0.15, 0.2) is 11.9 Å². The van der Waals surface area contributed by atoms with Crippen LogP contribution < -0.4 is 0 Å². The molecule has 8 atom stereocenters. The highest BCUT2D eigenvalue weighted by Gasteiger charge is 2.45. The summed E-state index contributed by atoms with van der Waals surface area (Å²) >= 11 is 0. The Morgan fingerprint density at radius 1 is 0.673 bits per heavy atom. The van der Waals surface area contributed by atoms with Crippen LogP contribution in [0.25, 0.3) is 0 Å². The minimum absolute atomic E-state index is 0.0260. The first-order valence-corrected chi connectivity index (χ1v) is 21.4. The van der Waals surface area contributed by atoms with Crippen molar-refractivity contribution < 1.29 is 43.0 Å². The van der Waals surface area contributed by atoms with E-state index in [1.807, 2.05) is 0 Å². The normalized spacial score (nSPS) is 21.6. The predicted molar refractivity (Wildman–Crippen MR) is 212 cm³/mol. The molecule has 0 amide bonds. The second-order valence-corrected chi connectivity index (χ2v) is 22.9. The lowest BCUT2D eigenvalue weighted by Crippen LogP contribution is -2.31. The summed E-state index contributed by atoms with van der Waals surface area (Å²) in [6, 6.07) is 0. The van der Waals surface area contributed by atoms with E-state index in [9.17, 15) is 24.7 Å². The third kappa shape index (κ3) is 19.5. The van der Waals surface area contributed by atoms with Gasteiger partial charge in [-0.25, -0.2) is 9.36 Å². The molecular weight excluding hydrogens is 679 g/mol. The number of aliphatic hydroxyl groups excluding tert-OH is 3. The van der Waals surface area contributed by atoms with Crippen molar-refractivity contribution in [3.63, 3.8) is 0 Å². The van der Waals surface area contributed by atoms with E-state index in [-0.39, 0.29) is 58.5 Å². The molecule has 52 heavy (non-hydrogen) atoms. The van der Waals surface area contributed by atoms with Gasteiger partial charge in [0.25, 0.3) is 5.76 Å². The molecule has 9 nitrogen and oxygen atoms in total. The van der Waals surface area contributed by atoms with Crippen molar-refractivity contribution in [1.29, 1.82) is 0 Å². The van der Waals surface area contributed by atoms with E-state index in [4.69, 9.17) is 18.3 Å². The lowest BCUT2D eigenvalue weighted by atomic mass is 9.76. The molecule has 0 aliphatic carbocycles. The zero-order valence-corrected chi connectivity index (χ0v) is 37.0. The smallest absolute Gasteiger partial charge is 0.505 e. The predicted octanol–water partition coefficient (Wildman–Crippen LogP) is 11.3. The molecular formula is C42H81O9P. The number of hydrogen-bond acceptors (Lipinski definition) is 9. The van der Waals surface area contributed by atoms with Gasteiger partial charge in [0.1, 0.15) is 6.10 Å². The fraction of sp³-hybridized carbons (Fsp3) is 0.929. The van der Waals surface area contributed by atoms with Crippen LogP contribution in [-0.2, 0) is 27.7 Å². The number of aliphatic hydroxyl groups is 3. The molecule has 0 fully saturated rings. The van der Waals surface area contributed by atoms with E-state index >= 15 is 0 Å². The van der Waals surface area contributed by atoms with Gasteiger partial charge in [0, 0.05) is 0 Å². The molecule has 3 N–H and O–H groups in total. The molecule has 1 heterocycles. The van der Waals surface area contributed by atoms with Crippen molar-refractivity contribution in [2.45, 2.75) is 174 Å². The molecule has 308 valence electrons. The Kier molecular flexibility index (Phi) is 19.0. The number of ether oxygens (including phenoxy) is 1. The molecule has 0 bridgehead atoms. The summed E-state index contributed by atoms with van der Waals surface area (Å²) in [7, 11) is -4.52. The molecule has 0 aromatic heterocycles. The Balaban J connectivity index is 3.49. The van der Waals surface area contributed by atoms with Crippen molar-refractivity contribution in [3.8, 4) is 0 Å². The van der Waals surface area contributed by atoms with Crippen molar-refractivity contribution in [2.24, 2.45) is 57.2 Å². The van der Waals surface area contributed by atoms with Gasteiger partial charge in [-0.3, -0.25) is 9.05 Å². The van der Waals surface area contributed by atoms with E-state index in [0.29, 0.717) is 11.8 Å². The topological polar surface area (TPSA) is 132 Å². The van der Waals surface area contributed by atoms with Crippen LogP contribution in [-0.4, -0.2) is 53.3 Å². The Bertz CT molecular complexity index is 1090. The van der Waals surface area contributed by atoms with E-state index in [0.717, 1.165) is 51.4 Å². The van der Waals surface area contributed by atoms with Crippen LogP contribution in [0.15, 0.2) is 11.5 Å². The summed E-state index contributed by atoms with van der Waals surface area (Å²) < 4.78 is 38.0. The van der Waals surface area contributed by atoms with E-state index in [1.54, 1.807) is 0 Å². The number of rotatable bonds is 22. The zero-order chi connectivity index (χ0) is 40.5. The molecule has 7 unspecified atom stereocenters. The lowest BCUT2D eigenvalue weighted by Gasteiger charge is -2.33. The molecule has 1 rings (SSSR count). The molecule has 0 aromatic carbocycles. The molecule has 0 spiro atoms. The van der Waals surface area contributed by atoms with Crippen molar-refractivity contribution in [1.82, 2.24) is 0 Å². The fourth-order valence-corrected chi connectivity index (χ4v) is 9.42. The van der Waals surface area contributed by atoms with Gasteiger partial charge in [0.05, 0.1) is 19.8 Å². The average molecular weight is 761 g/mol. The maximum atomic E-state index is 14.8. The van der Waals surface area contributed by atoms with Crippen molar-refractivity contribution >= 4 is 13.8 Å². The van der Waals surface area contributed by atoms with Gasteiger partial charge in [-0.1, -0.05) is 124 Å². The summed E-state index contributed by atoms with van der Waals surface area (Å²) in [5.41, 5.74) is 0.549. The van der Waals surface area contributed by atoms with Gasteiger partial charge in [-0.2, -0.15) is 0 Å². The summed E-state index contributed by atoms with van der Waals surface area (Å²) in [6.07, 6.45) is 4.55. The van der Waals surface area contributed by atoms with Gasteiger partial charge < -0.3 is 24.6 Å². The van der Waals surface area contributed by atoms with Crippen LogP contribution in [0.3, 0.4) is 0 Å². The quantitative estimate of drug-likeness (QED) is 0.0728. The zero-order valence-electron chi connectivity index (χ0n) is 36.1. The summed E-state index contributed by atoms with van der Waals surface area (Å²) in [4.78, 5) is 12.9. The molecule has 1 aliphatic heterocycles. The van der Waals surface area contributed by atoms with Gasteiger partial charge in [-0.15, -0.1) is 0 Å². The van der Waals surface area contributed by atoms with Crippen LogP contribution in [0.5, 0.6) is 0 Å². The lowest BCUT2D eigenvalue weighted by molar-refractivity contribution is -0.147. The Hall–Kier alpha value is -1.12. The number of hydrogen-bond donors (Lipinski definition) is 3. The first-order chi connectivity index (χ1) is 23.4. The van der Waals surface area contributed by atoms with Crippen LogP contribution in [0, 0.1) is 57.2 Å². The number of phosphoric acid groups is 1. The van der Waals surface area contributed by atoms with Crippen molar-refractivity contribution in [2.75, 3.05) is 19.8 Å². The third-order valence-corrected chi connectivity index (χ3v) is 11.4. The monoisotopic (exact) mass is 761 g/mol. The van der Waals surface area contributed by atoms with Crippen LogP contribution in [0.4, 0.5) is 0 Å². The Labute approximate surface area is 319 Å². The largest absolute Gasteiger partial charge is 0.530 e. The van der Waals surface area contributed by atoms with Crippen LogP contribution in [0.2, 0.25) is 0 Å². The Morgan fingerprint density at radius 2 is 1.04 bits per heavy atom. The molecule has 0 radical (unpaired) electrons. The van der Waals surface area contributed by atoms with Crippen LogP contribution >= 0.6 is 7.82 Å². The molecule has 0 aromatic rings. The second-order valence-electron chi connectivity index (χ2n) is 21.3. The second kappa shape index (κ2) is 20.2. The number of carbonyl (C=O) groups is 1. The van der Waals surface area contributed by atoms with Gasteiger partial charge >= 0.3 is 13.8 Å². The summed E-state index contributed by atoms with van der Waals surface area (Å²) in [5, 5.41) is 30.5. The number of esters is 1. The molecule has 1 aliphatic rings. The number of phosphoric ester groups is 1. The number of carbonyl (C=O) groups excluding carboxylic acids is 1. The first-order valence-electron chi connectivity index (χ1n) is 20.0. The summed E-state index contributed by atoms with van der Waals surface area (Å²) in [5.74, 6) is -1.10.